The second-order valence-electron chi connectivity index (χ2n) is 9.26. The lowest BCUT2D eigenvalue weighted by atomic mass is 9.81. The van der Waals surface area contributed by atoms with Gasteiger partial charge < -0.3 is 4.90 Å². The number of fused-ring (bicyclic) bond motifs is 5. The Morgan fingerprint density at radius 2 is 2.03 bits per heavy atom. The second-order valence-corrected chi connectivity index (χ2v) is 11.9. The van der Waals surface area contributed by atoms with Gasteiger partial charge in [-0.15, -0.1) is 0 Å². The molecule has 0 radical (unpaired) electrons. The van der Waals surface area contributed by atoms with Crippen LogP contribution in [0.3, 0.4) is 0 Å². The lowest BCUT2D eigenvalue weighted by Crippen LogP contribution is -2.58. The first-order valence-corrected chi connectivity index (χ1v) is 14.0. The van der Waals surface area contributed by atoms with Crippen molar-refractivity contribution in [2.45, 2.75) is 29.8 Å². The van der Waals surface area contributed by atoms with Crippen molar-refractivity contribution >= 4 is 68.0 Å². The monoisotopic (exact) mass is 542 g/mol. The highest BCUT2D eigenvalue weighted by Crippen LogP contribution is 2.34. The summed E-state index contributed by atoms with van der Waals surface area (Å²) in [5.74, 6) is 0.0108. The summed E-state index contributed by atoms with van der Waals surface area (Å²) in [5, 5.41) is 0.296. The molecule has 12 heteroatoms. The van der Waals surface area contributed by atoms with Crippen LogP contribution in [0.25, 0.3) is 11.0 Å². The van der Waals surface area contributed by atoms with Crippen molar-refractivity contribution in [1.82, 2.24) is 13.6 Å². The van der Waals surface area contributed by atoms with Crippen molar-refractivity contribution in [3.63, 3.8) is 0 Å². The molecule has 184 valence electrons. The van der Waals surface area contributed by atoms with Crippen molar-refractivity contribution in [3.8, 4) is 0 Å². The van der Waals surface area contributed by atoms with Gasteiger partial charge in [-0.3, -0.25) is 14.3 Å². The molecule has 2 bridgehead atoms. The van der Waals surface area contributed by atoms with Crippen molar-refractivity contribution in [2.24, 2.45) is 5.92 Å². The SMILES string of the molecule is O=C1C=CC=[N+]2C1C[C@@H]1C[C@H]2CN(C(=O)c2ccc(Cl)cc2NS(=O)(=O)c2cccc3nsnc23)C1. The molecule has 2 fully saturated rings. The number of carbonyl (C=O) groups is 2. The Hall–Kier alpha value is -3.15. The number of piperidine rings is 2. The number of sulfonamides is 1. The smallest absolute Gasteiger partial charge is 0.264 e. The molecular weight excluding hydrogens is 522 g/mol. The zero-order chi connectivity index (χ0) is 25.0. The fraction of sp³-hybridized carbons (Fsp3) is 0.292. The predicted molar refractivity (Wildman–Crippen MR) is 136 cm³/mol. The number of rotatable bonds is 4. The van der Waals surface area contributed by atoms with Crippen LogP contribution in [0.2, 0.25) is 5.02 Å². The zero-order valence-corrected chi connectivity index (χ0v) is 21.3. The molecule has 3 aromatic rings. The molecular formula is C24H21ClN5O4S2+. The third kappa shape index (κ3) is 4.00. The van der Waals surface area contributed by atoms with Crippen molar-refractivity contribution in [2.75, 3.05) is 17.8 Å². The van der Waals surface area contributed by atoms with Gasteiger partial charge in [-0.05, 0) is 42.3 Å². The van der Waals surface area contributed by atoms with Crippen molar-refractivity contribution < 1.29 is 22.6 Å². The van der Waals surface area contributed by atoms with Gasteiger partial charge in [0.05, 0.1) is 29.5 Å². The minimum absolute atomic E-state index is 0.0240. The molecule has 0 saturated carbocycles. The lowest BCUT2D eigenvalue weighted by Gasteiger charge is -2.42. The molecule has 3 aliphatic rings. The van der Waals surface area contributed by atoms with Crippen LogP contribution >= 0.6 is 23.3 Å². The van der Waals surface area contributed by atoms with E-state index in [1.54, 1.807) is 41.3 Å². The fourth-order valence-corrected chi connectivity index (χ4v) is 7.42. The molecule has 2 saturated heterocycles. The van der Waals surface area contributed by atoms with Gasteiger partial charge in [0.2, 0.25) is 11.8 Å². The Morgan fingerprint density at radius 3 is 2.89 bits per heavy atom. The van der Waals surface area contributed by atoms with Gasteiger partial charge >= 0.3 is 0 Å². The fourth-order valence-electron chi connectivity index (χ4n) is 5.41. The van der Waals surface area contributed by atoms with Gasteiger partial charge in [-0.2, -0.15) is 8.75 Å². The number of halogens is 1. The minimum Gasteiger partial charge on any atom is -0.332 e. The molecule has 0 spiro atoms. The first-order chi connectivity index (χ1) is 17.3. The highest BCUT2D eigenvalue weighted by atomic mass is 35.5. The summed E-state index contributed by atoms with van der Waals surface area (Å²) in [6, 6.07) is 9.14. The number of aromatic nitrogens is 2. The molecule has 3 aliphatic heterocycles. The van der Waals surface area contributed by atoms with E-state index in [-0.39, 0.29) is 51.4 Å². The highest BCUT2D eigenvalue weighted by Gasteiger charge is 2.47. The molecule has 6 rings (SSSR count). The summed E-state index contributed by atoms with van der Waals surface area (Å²) in [5.41, 5.74) is 1.06. The number of allylic oxidation sites excluding steroid dienone is 1. The van der Waals surface area contributed by atoms with Crippen LogP contribution in [-0.2, 0) is 14.8 Å². The van der Waals surface area contributed by atoms with Gasteiger partial charge in [-0.1, -0.05) is 17.7 Å². The van der Waals surface area contributed by atoms with E-state index < -0.39 is 10.0 Å². The van der Waals surface area contributed by atoms with E-state index in [9.17, 15) is 18.0 Å². The first kappa shape index (κ1) is 23.3. The van der Waals surface area contributed by atoms with Crippen LogP contribution < -0.4 is 4.72 Å². The van der Waals surface area contributed by atoms with E-state index in [0.29, 0.717) is 30.0 Å². The number of nitrogens with zero attached hydrogens (tertiary/aromatic N) is 4. The Bertz CT molecular complexity index is 1580. The van der Waals surface area contributed by atoms with Gasteiger partial charge in [0.15, 0.2) is 12.3 Å². The molecule has 9 nitrogen and oxygen atoms in total. The maximum atomic E-state index is 13.7. The number of carbonyl (C=O) groups excluding carboxylic acids is 2. The number of benzene rings is 2. The second kappa shape index (κ2) is 8.75. The molecule has 1 N–H and O–H groups in total. The predicted octanol–water partition coefficient (Wildman–Crippen LogP) is 2.97. The molecule has 2 aromatic carbocycles. The molecule has 0 aliphatic carbocycles. The van der Waals surface area contributed by atoms with Gasteiger partial charge in [0, 0.05) is 30.5 Å². The topological polar surface area (TPSA) is 112 Å². The zero-order valence-electron chi connectivity index (χ0n) is 18.9. The van der Waals surface area contributed by atoms with Crippen LogP contribution in [0.5, 0.6) is 0 Å². The van der Waals surface area contributed by atoms with Crippen molar-refractivity contribution in [1.29, 1.82) is 0 Å². The van der Waals surface area contributed by atoms with E-state index in [2.05, 4.69) is 18.0 Å². The van der Waals surface area contributed by atoms with Crippen molar-refractivity contribution in [3.05, 3.63) is 59.1 Å². The lowest BCUT2D eigenvalue weighted by molar-refractivity contribution is -0.601. The average Bonchev–Trinajstić information content (AvgIpc) is 3.33. The number of nitrogens with one attached hydrogen (secondary N) is 1. The third-order valence-electron chi connectivity index (χ3n) is 6.98. The van der Waals surface area contributed by atoms with E-state index in [0.717, 1.165) is 18.1 Å². The number of ketones is 1. The summed E-state index contributed by atoms with van der Waals surface area (Å²) in [6.45, 7) is 0.956. The van der Waals surface area contributed by atoms with E-state index in [4.69, 9.17) is 11.6 Å². The summed E-state index contributed by atoms with van der Waals surface area (Å²) in [6.07, 6.45) is 6.88. The number of amides is 1. The van der Waals surface area contributed by atoms with E-state index in [1.165, 1.54) is 12.1 Å². The summed E-state index contributed by atoms with van der Waals surface area (Å²) in [4.78, 5) is 27.8. The number of hydrogen-bond donors (Lipinski definition) is 1. The molecule has 3 atom stereocenters. The largest absolute Gasteiger partial charge is 0.332 e. The van der Waals surface area contributed by atoms with Crippen LogP contribution in [0.15, 0.2) is 53.4 Å². The van der Waals surface area contributed by atoms with Gasteiger partial charge in [0.25, 0.3) is 15.9 Å². The van der Waals surface area contributed by atoms with Gasteiger partial charge in [0.1, 0.15) is 15.9 Å². The summed E-state index contributed by atoms with van der Waals surface area (Å²) >= 11 is 7.13. The molecule has 36 heavy (non-hydrogen) atoms. The minimum atomic E-state index is -4.08. The Labute approximate surface area is 216 Å². The summed E-state index contributed by atoms with van der Waals surface area (Å²) < 4.78 is 39.5. The molecule has 1 aromatic heterocycles. The van der Waals surface area contributed by atoms with Gasteiger partial charge in [-0.25, -0.2) is 13.0 Å². The van der Waals surface area contributed by atoms with Crippen LogP contribution in [0.4, 0.5) is 5.69 Å². The van der Waals surface area contributed by atoms with E-state index in [1.807, 2.05) is 6.21 Å². The summed E-state index contributed by atoms with van der Waals surface area (Å²) in [7, 11) is -4.08. The number of hydrogen-bond acceptors (Lipinski definition) is 7. The van der Waals surface area contributed by atoms with Crippen LogP contribution in [-0.4, -0.2) is 69.7 Å². The Kier molecular flexibility index (Phi) is 5.66. The molecule has 4 heterocycles. The Balaban J connectivity index is 1.31. The number of anilines is 1. The average molecular weight is 543 g/mol. The number of likely N-dealkylation sites (tertiary alicyclic amines) is 1. The third-order valence-corrected chi connectivity index (χ3v) is 9.16. The molecule has 1 unspecified atom stereocenters. The maximum Gasteiger partial charge on any atom is 0.264 e. The van der Waals surface area contributed by atoms with Crippen LogP contribution in [0, 0.1) is 5.92 Å². The normalized spacial score (nSPS) is 23.4. The highest BCUT2D eigenvalue weighted by molar-refractivity contribution is 7.93. The Morgan fingerprint density at radius 1 is 1.17 bits per heavy atom. The van der Waals surface area contributed by atoms with Crippen LogP contribution in [0.1, 0.15) is 23.2 Å². The standard InChI is InChI=1S/C24H20ClN5O4S2/c25-15-6-7-17(19(11-15)28-36(33,34)22-5-1-3-18-23(22)27-35-26-18)24(32)29-12-14-9-16(13-29)30-8-2-4-21(31)20(30)10-14/h1-8,11,14,16,20H,9-10,12-13H2/p+1/t14-,16-,20?/m0/s1. The molecule has 1 amide bonds. The van der Waals surface area contributed by atoms with E-state index >= 15 is 0 Å². The maximum absolute atomic E-state index is 13.7. The quantitative estimate of drug-likeness (QED) is 0.507. The first-order valence-electron chi connectivity index (χ1n) is 11.5.